The van der Waals surface area contributed by atoms with Crippen molar-refractivity contribution in [2.75, 3.05) is 20.4 Å². The Morgan fingerprint density at radius 3 is 2.96 bits per heavy atom. The van der Waals surface area contributed by atoms with Gasteiger partial charge in [0.05, 0.1) is 13.2 Å². The monoisotopic (exact) mass is 380 g/mol. The third-order valence-electron chi connectivity index (χ3n) is 5.12. The molecule has 0 amide bonds. The van der Waals surface area contributed by atoms with Gasteiger partial charge in [-0.1, -0.05) is 11.2 Å². The maximum Gasteiger partial charge on any atom is 0.244 e. The van der Waals surface area contributed by atoms with Crippen LogP contribution < -0.4 is 14.2 Å². The zero-order valence-electron chi connectivity index (χ0n) is 15.5. The van der Waals surface area contributed by atoms with Crippen LogP contribution in [-0.4, -0.2) is 40.5 Å². The van der Waals surface area contributed by atoms with Crippen LogP contribution in [0.5, 0.6) is 17.4 Å². The fraction of sp³-hybridized carbons (Fsp3) is 0.350. The highest BCUT2D eigenvalue weighted by Crippen LogP contribution is 2.36. The second-order valence-electron chi connectivity index (χ2n) is 6.86. The number of nitrogens with zero attached hydrogens (tertiary/aromatic N) is 4. The summed E-state index contributed by atoms with van der Waals surface area (Å²) in [4.78, 5) is 11.2. The van der Waals surface area contributed by atoms with Crippen LogP contribution in [0.25, 0.3) is 11.4 Å². The van der Waals surface area contributed by atoms with E-state index in [0.717, 1.165) is 43.0 Å². The van der Waals surface area contributed by atoms with Crippen molar-refractivity contribution in [3.05, 3.63) is 48.0 Å². The normalized spacial score (nSPS) is 18.5. The van der Waals surface area contributed by atoms with Crippen molar-refractivity contribution < 1.29 is 18.7 Å². The largest absolute Gasteiger partial charge is 0.481 e. The highest BCUT2D eigenvalue weighted by molar-refractivity contribution is 5.53. The quantitative estimate of drug-likeness (QED) is 0.667. The van der Waals surface area contributed by atoms with Crippen molar-refractivity contribution in [1.82, 2.24) is 20.0 Å². The van der Waals surface area contributed by atoms with Gasteiger partial charge in [0.25, 0.3) is 0 Å². The molecule has 0 spiro atoms. The lowest BCUT2D eigenvalue weighted by Gasteiger charge is -2.21. The van der Waals surface area contributed by atoms with Gasteiger partial charge in [-0.3, -0.25) is 4.90 Å². The topological polar surface area (TPSA) is 82.7 Å². The molecule has 144 valence electrons. The lowest BCUT2D eigenvalue weighted by atomic mass is 10.1. The van der Waals surface area contributed by atoms with Crippen LogP contribution in [0.2, 0.25) is 0 Å². The summed E-state index contributed by atoms with van der Waals surface area (Å²) in [6.45, 7) is 2.07. The Hall–Kier alpha value is -3.13. The maximum absolute atomic E-state index is 5.60. The van der Waals surface area contributed by atoms with Crippen LogP contribution in [-0.2, 0) is 6.54 Å². The smallest absolute Gasteiger partial charge is 0.244 e. The summed E-state index contributed by atoms with van der Waals surface area (Å²) in [6, 6.07) is 9.85. The summed E-state index contributed by atoms with van der Waals surface area (Å²) in [7, 11) is 1.59. The highest BCUT2D eigenvalue weighted by atomic mass is 16.7. The number of fused-ring (bicyclic) bond motifs is 1. The summed E-state index contributed by atoms with van der Waals surface area (Å²) >= 11 is 0. The van der Waals surface area contributed by atoms with Crippen LogP contribution in [0.4, 0.5) is 0 Å². The van der Waals surface area contributed by atoms with Gasteiger partial charge in [0.2, 0.25) is 24.4 Å². The van der Waals surface area contributed by atoms with E-state index in [-0.39, 0.29) is 12.8 Å². The summed E-state index contributed by atoms with van der Waals surface area (Å²) in [5.41, 5.74) is 1.98. The molecular formula is C20H20N4O4. The van der Waals surface area contributed by atoms with Crippen LogP contribution in [0.15, 0.2) is 41.1 Å². The number of methoxy groups -OCH3 is 1. The van der Waals surface area contributed by atoms with E-state index in [9.17, 15) is 0 Å². The Morgan fingerprint density at radius 1 is 1.18 bits per heavy atom. The van der Waals surface area contributed by atoms with E-state index in [0.29, 0.717) is 17.6 Å². The standard InChI is InChI=1S/C20H20N4O4/c1-25-18-7-5-14(10-21-18)19-22-20(28-23-19)15-3-2-8-24(15)11-13-4-6-16-17(9-13)27-12-26-16/h4-7,9-10,15H,2-3,8,11-12H2,1H3/t15-/m0/s1. The molecule has 0 bridgehead atoms. The molecule has 0 radical (unpaired) electrons. The Bertz CT molecular complexity index is 973. The second kappa shape index (κ2) is 7.12. The first-order valence-corrected chi connectivity index (χ1v) is 9.27. The number of hydrogen-bond donors (Lipinski definition) is 0. The molecule has 8 nitrogen and oxygen atoms in total. The maximum atomic E-state index is 5.60. The first-order chi connectivity index (χ1) is 13.8. The van der Waals surface area contributed by atoms with E-state index in [2.05, 4.69) is 26.1 Å². The van der Waals surface area contributed by atoms with Gasteiger partial charge < -0.3 is 18.7 Å². The molecule has 8 heteroatoms. The molecule has 0 N–H and O–H groups in total. The van der Waals surface area contributed by atoms with Gasteiger partial charge >= 0.3 is 0 Å². The Balaban J connectivity index is 1.33. The molecule has 0 aliphatic carbocycles. The highest BCUT2D eigenvalue weighted by Gasteiger charge is 2.31. The number of likely N-dealkylation sites (tertiary alicyclic amines) is 1. The average Bonchev–Trinajstić information content (AvgIpc) is 3.48. The number of rotatable bonds is 5. The van der Waals surface area contributed by atoms with Gasteiger partial charge in [0.15, 0.2) is 11.5 Å². The van der Waals surface area contributed by atoms with Crippen LogP contribution in [0, 0.1) is 0 Å². The number of hydrogen-bond acceptors (Lipinski definition) is 8. The van der Waals surface area contributed by atoms with Crippen molar-refractivity contribution in [2.45, 2.75) is 25.4 Å². The van der Waals surface area contributed by atoms with Crippen molar-refractivity contribution in [2.24, 2.45) is 0 Å². The first kappa shape index (κ1) is 17.0. The van der Waals surface area contributed by atoms with E-state index >= 15 is 0 Å². The van der Waals surface area contributed by atoms with Crippen molar-refractivity contribution in [1.29, 1.82) is 0 Å². The lowest BCUT2D eigenvalue weighted by molar-refractivity contribution is 0.173. The molecule has 0 unspecified atom stereocenters. The number of ether oxygens (including phenoxy) is 3. The predicted octanol–water partition coefficient (Wildman–Crippen LogP) is 3.21. The molecule has 1 fully saturated rings. The van der Waals surface area contributed by atoms with Gasteiger partial charge in [0.1, 0.15) is 0 Å². The predicted molar refractivity (Wildman–Crippen MR) is 99.0 cm³/mol. The second-order valence-corrected chi connectivity index (χ2v) is 6.86. The van der Waals surface area contributed by atoms with Gasteiger partial charge in [0, 0.05) is 24.4 Å². The average molecular weight is 380 g/mol. The molecule has 1 saturated heterocycles. The van der Waals surface area contributed by atoms with Crippen LogP contribution >= 0.6 is 0 Å². The molecule has 2 aliphatic rings. The van der Waals surface area contributed by atoms with Gasteiger partial charge in [-0.2, -0.15) is 4.98 Å². The number of pyridine rings is 1. The van der Waals surface area contributed by atoms with Gasteiger partial charge in [-0.15, -0.1) is 0 Å². The number of aromatic nitrogens is 3. The summed E-state index contributed by atoms with van der Waals surface area (Å²) in [5, 5.41) is 4.15. The van der Waals surface area contributed by atoms with E-state index in [1.807, 2.05) is 18.2 Å². The lowest BCUT2D eigenvalue weighted by Crippen LogP contribution is -2.23. The van der Waals surface area contributed by atoms with Gasteiger partial charge in [-0.25, -0.2) is 4.98 Å². The van der Waals surface area contributed by atoms with Gasteiger partial charge in [-0.05, 0) is 43.1 Å². The minimum absolute atomic E-state index is 0.109. The Morgan fingerprint density at radius 2 is 2.11 bits per heavy atom. The molecular weight excluding hydrogens is 360 g/mol. The summed E-state index contributed by atoms with van der Waals surface area (Å²) < 4.78 is 21.6. The Kier molecular flexibility index (Phi) is 4.32. The summed E-state index contributed by atoms with van der Waals surface area (Å²) in [5.74, 6) is 3.35. The van der Waals surface area contributed by atoms with E-state index in [4.69, 9.17) is 18.7 Å². The SMILES string of the molecule is COc1ccc(-c2noc([C@@H]3CCCN3Cc3ccc4c(c3)OCO4)n2)cn1. The molecule has 2 aromatic heterocycles. The molecule has 0 saturated carbocycles. The van der Waals surface area contributed by atoms with E-state index in [1.165, 1.54) is 5.56 Å². The molecule has 5 rings (SSSR count). The fourth-order valence-electron chi connectivity index (χ4n) is 3.69. The van der Waals surface area contributed by atoms with Crippen LogP contribution in [0.1, 0.15) is 30.3 Å². The molecule has 1 aromatic carbocycles. The van der Waals surface area contributed by atoms with E-state index in [1.54, 1.807) is 19.4 Å². The Labute approximate surface area is 162 Å². The zero-order valence-corrected chi connectivity index (χ0v) is 15.5. The molecule has 28 heavy (non-hydrogen) atoms. The van der Waals surface area contributed by atoms with Crippen molar-refractivity contribution in [3.63, 3.8) is 0 Å². The van der Waals surface area contributed by atoms with E-state index < -0.39 is 0 Å². The third-order valence-corrected chi connectivity index (χ3v) is 5.12. The summed E-state index contributed by atoms with van der Waals surface area (Å²) in [6.07, 6.45) is 3.77. The van der Waals surface area contributed by atoms with Crippen molar-refractivity contribution >= 4 is 0 Å². The molecule has 1 atom stereocenters. The van der Waals surface area contributed by atoms with Crippen molar-refractivity contribution in [3.8, 4) is 28.8 Å². The minimum atomic E-state index is 0.109. The first-order valence-electron chi connectivity index (χ1n) is 9.27. The number of benzene rings is 1. The van der Waals surface area contributed by atoms with Crippen LogP contribution in [0.3, 0.4) is 0 Å². The molecule has 2 aliphatic heterocycles. The third kappa shape index (κ3) is 3.16. The zero-order chi connectivity index (χ0) is 18.9. The fourth-order valence-corrected chi connectivity index (χ4v) is 3.69. The minimum Gasteiger partial charge on any atom is -0.481 e. The molecule has 3 aromatic rings. The molecule has 4 heterocycles.